The molecule has 0 saturated carbocycles. The van der Waals surface area contributed by atoms with Crippen molar-refractivity contribution in [3.8, 4) is 0 Å². The van der Waals surface area contributed by atoms with Gasteiger partial charge in [0.2, 0.25) is 0 Å². The number of hydrogen-bond donors (Lipinski definition) is 1. The van der Waals surface area contributed by atoms with E-state index in [1.165, 1.54) is 5.56 Å². The van der Waals surface area contributed by atoms with Gasteiger partial charge in [0.1, 0.15) is 0 Å². The second-order valence-corrected chi connectivity index (χ2v) is 4.07. The number of rotatable bonds is 3. The van der Waals surface area contributed by atoms with Gasteiger partial charge in [0.05, 0.1) is 16.9 Å². The van der Waals surface area contributed by atoms with Gasteiger partial charge in [0, 0.05) is 18.1 Å². The van der Waals surface area contributed by atoms with Crippen LogP contribution in [0.25, 0.3) is 0 Å². The molecule has 2 rings (SSSR count). The Labute approximate surface area is 92.8 Å². The molecule has 2 aromatic rings. The molecule has 0 spiro atoms. The van der Waals surface area contributed by atoms with Gasteiger partial charge in [-0.05, 0) is 29.8 Å². The first-order valence-electron chi connectivity index (χ1n) is 4.58. The summed E-state index contributed by atoms with van der Waals surface area (Å²) in [6.45, 7) is 0. The molecule has 0 amide bonds. The Morgan fingerprint density at radius 2 is 1.93 bits per heavy atom. The summed E-state index contributed by atoms with van der Waals surface area (Å²) < 4.78 is 0. The van der Waals surface area contributed by atoms with Crippen LogP contribution in [0.4, 0.5) is 5.69 Å². The summed E-state index contributed by atoms with van der Waals surface area (Å²) in [5, 5.41) is 0.987. The lowest BCUT2D eigenvalue weighted by Crippen LogP contribution is -1.87. The number of aromatic nitrogens is 2. The highest BCUT2D eigenvalue weighted by atomic mass is 32.2. The zero-order chi connectivity index (χ0) is 10.5. The molecule has 2 aromatic heterocycles. The molecule has 0 atom stereocenters. The SMILES string of the molecule is Nc1ccc(SCc2ccncc2)nc1. The van der Waals surface area contributed by atoms with Crippen molar-refractivity contribution in [3.05, 3.63) is 48.4 Å². The Bertz CT molecular complexity index is 414. The van der Waals surface area contributed by atoms with E-state index >= 15 is 0 Å². The average molecular weight is 217 g/mol. The zero-order valence-corrected chi connectivity index (χ0v) is 8.95. The van der Waals surface area contributed by atoms with Gasteiger partial charge in [0.15, 0.2) is 0 Å². The van der Waals surface area contributed by atoms with Gasteiger partial charge in [-0.1, -0.05) is 0 Å². The minimum absolute atomic E-state index is 0.697. The number of nitrogens with zero attached hydrogens (tertiary/aromatic N) is 2. The maximum atomic E-state index is 5.55. The lowest BCUT2D eigenvalue weighted by molar-refractivity contribution is 1.13. The van der Waals surface area contributed by atoms with Crippen LogP contribution < -0.4 is 5.73 Å². The molecule has 0 aliphatic carbocycles. The summed E-state index contributed by atoms with van der Waals surface area (Å²) >= 11 is 1.69. The molecule has 0 aliphatic heterocycles. The van der Waals surface area contributed by atoms with Crippen molar-refractivity contribution in [2.45, 2.75) is 10.8 Å². The number of nitrogens with two attached hydrogens (primary N) is 1. The maximum Gasteiger partial charge on any atom is 0.0964 e. The van der Waals surface area contributed by atoms with Crippen LogP contribution in [-0.4, -0.2) is 9.97 Å². The van der Waals surface area contributed by atoms with Gasteiger partial charge in [0.25, 0.3) is 0 Å². The third-order valence-corrected chi connectivity index (χ3v) is 2.91. The van der Waals surface area contributed by atoms with Gasteiger partial charge < -0.3 is 5.73 Å². The van der Waals surface area contributed by atoms with E-state index in [4.69, 9.17) is 5.73 Å². The molecule has 2 N–H and O–H groups in total. The Hall–Kier alpha value is -1.55. The van der Waals surface area contributed by atoms with Crippen LogP contribution in [0.5, 0.6) is 0 Å². The molecule has 0 aromatic carbocycles. The van der Waals surface area contributed by atoms with E-state index in [0.717, 1.165) is 10.8 Å². The zero-order valence-electron chi connectivity index (χ0n) is 8.13. The molecule has 3 nitrogen and oxygen atoms in total. The normalized spacial score (nSPS) is 10.1. The predicted octanol–water partition coefficient (Wildman–Crippen LogP) is 2.35. The quantitative estimate of drug-likeness (QED) is 0.802. The number of nitrogen functional groups attached to an aromatic ring is 1. The van der Waals surface area contributed by atoms with Crippen LogP contribution in [0.2, 0.25) is 0 Å². The van der Waals surface area contributed by atoms with E-state index in [9.17, 15) is 0 Å². The van der Waals surface area contributed by atoms with E-state index in [0.29, 0.717) is 5.69 Å². The Balaban J connectivity index is 1.96. The Kier molecular flexibility index (Phi) is 3.19. The molecule has 0 unspecified atom stereocenters. The summed E-state index contributed by atoms with van der Waals surface area (Å²) in [7, 11) is 0. The molecule has 76 valence electrons. The van der Waals surface area contributed by atoms with Crippen molar-refractivity contribution >= 4 is 17.4 Å². The van der Waals surface area contributed by atoms with Crippen LogP contribution >= 0.6 is 11.8 Å². The predicted molar refractivity (Wildman–Crippen MR) is 62.4 cm³/mol. The third-order valence-electron chi connectivity index (χ3n) is 1.90. The fourth-order valence-corrected chi connectivity index (χ4v) is 1.91. The fourth-order valence-electron chi connectivity index (χ4n) is 1.11. The summed E-state index contributed by atoms with van der Waals surface area (Å²) in [6.07, 6.45) is 5.27. The highest BCUT2D eigenvalue weighted by molar-refractivity contribution is 7.98. The van der Waals surface area contributed by atoms with Gasteiger partial charge in [-0.15, -0.1) is 11.8 Å². The number of pyridine rings is 2. The van der Waals surface area contributed by atoms with E-state index in [-0.39, 0.29) is 0 Å². The van der Waals surface area contributed by atoms with Crippen molar-refractivity contribution in [1.82, 2.24) is 9.97 Å². The lowest BCUT2D eigenvalue weighted by atomic mass is 10.3. The lowest BCUT2D eigenvalue weighted by Gasteiger charge is -2.00. The van der Waals surface area contributed by atoms with E-state index in [2.05, 4.69) is 9.97 Å². The van der Waals surface area contributed by atoms with Crippen molar-refractivity contribution < 1.29 is 0 Å². The molecule has 15 heavy (non-hydrogen) atoms. The van der Waals surface area contributed by atoms with Crippen molar-refractivity contribution in [3.63, 3.8) is 0 Å². The van der Waals surface area contributed by atoms with Crippen LogP contribution in [0.3, 0.4) is 0 Å². The van der Waals surface area contributed by atoms with Gasteiger partial charge in [-0.25, -0.2) is 4.98 Å². The first kappa shape index (κ1) is 9.98. The number of anilines is 1. The Morgan fingerprint density at radius 1 is 1.13 bits per heavy atom. The van der Waals surface area contributed by atoms with Gasteiger partial charge in [-0.2, -0.15) is 0 Å². The average Bonchev–Trinajstić information content (AvgIpc) is 2.30. The maximum absolute atomic E-state index is 5.55. The minimum atomic E-state index is 0.697. The molecule has 0 aliphatic rings. The molecule has 4 heteroatoms. The van der Waals surface area contributed by atoms with E-state index in [1.807, 2.05) is 24.3 Å². The van der Waals surface area contributed by atoms with E-state index in [1.54, 1.807) is 30.4 Å². The van der Waals surface area contributed by atoms with Crippen LogP contribution in [-0.2, 0) is 5.75 Å². The van der Waals surface area contributed by atoms with Crippen molar-refractivity contribution in [2.75, 3.05) is 5.73 Å². The van der Waals surface area contributed by atoms with Crippen LogP contribution in [0.1, 0.15) is 5.56 Å². The highest BCUT2D eigenvalue weighted by Crippen LogP contribution is 2.20. The first-order chi connectivity index (χ1) is 7.34. The summed E-state index contributed by atoms with van der Waals surface area (Å²) in [5.74, 6) is 0.902. The van der Waals surface area contributed by atoms with Gasteiger partial charge >= 0.3 is 0 Å². The van der Waals surface area contributed by atoms with Crippen molar-refractivity contribution in [2.24, 2.45) is 0 Å². The first-order valence-corrected chi connectivity index (χ1v) is 5.56. The van der Waals surface area contributed by atoms with Crippen molar-refractivity contribution in [1.29, 1.82) is 0 Å². The second kappa shape index (κ2) is 4.79. The molecule has 0 saturated heterocycles. The third kappa shape index (κ3) is 2.95. The van der Waals surface area contributed by atoms with Crippen LogP contribution in [0.15, 0.2) is 47.9 Å². The van der Waals surface area contributed by atoms with Gasteiger partial charge in [-0.3, -0.25) is 4.98 Å². The summed E-state index contributed by atoms with van der Waals surface area (Å²) in [4.78, 5) is 8.19. The molecule has 2 heterocycles. The molecule has 0 radical (unpaired) electrons. The second-order valence-electron chi connectivity index (χ2n) is 3.07. The molecular formula is C11H11N3S. The Morgan fingerprint density at radius 3 is 2.60 bits per heavy atom. The smallest absolute Gasteiger partial charge is 0.0964 e. The van der Waals surface area contributed by atoms with E-state index < -0.39 is 0 Å². The summed E-state index contributed by atoms with van der Waals surface area (Å²) in [5.41, 5.74) is 7.50. The molecule has 0 fully saturated rings. The standard InChI is InChI=1S/C11H11N3S/c12-10-1-2-11(14-7-10)15-8-9-3-5-13-6-4-9/h1-7H,8,12H2. The fraction of sp³-hybridized carbons (Fsp3) is 0.0909. The monoisotopic (exact) mass is 217 g/mol. The topological polar surface area (TPSA) is 51.8 Å². The van der Waals surface area contributed by atoms with Crippen LogP contribution in [0, 0.1) is 0 Å². The molecular weight excluding hydrogens is 206 g/mol. The molecule has 0 bridgehead atoms. The number of thioether (sulfide) groups is 1. The minimum Gasteiger partial charge on any atom is -0.397 e. The largest absolute Gasteiger partial charge is 0.397 e. The number of hydrogen-bond acceptors (Lipinski definition) is 4. The highest BCUT2D eigenvalue weighted by Gasteiger charge is 1.96. The summed E-state index contributed by atoms with van der Waals surface area (Å²) in [6, 6.07) is 7.80.